The van der Waals surface area contributed by atoms with Crippen LogP contribution in [-0.2, 0) is 0 Å². The quantitative estimate of drug-likeness (QED) is 0.632. The lowest BCUT2D eigenvalue weighted by Gasteiger charge is -2.20. The van der Waals surface area contributed by atoms with Gasteiger partial charge in [-0.05, 0) is 24.6 Å². The second kappa shape index (κ2) is 4.42. The van der Waals surface area contributed by atoms with Gasteiger partial charge in [0.15, 0.2) is 5.78 Å². The highest BCUT2D eigenvalue weighted by Crippen LogP contribution is 2.39. The molecule has 110 valence electrons. The van der Waals surface area contributed by atoms with Crippen LogP contribution in [0.1, 0.15) is 47.8 Å². The molecule has 0 radical (unpaired) electrons. The van der Waals surface area contributed by atoms with E-state index in [4.69, 9.17) is 5.11 Å². The van der Waals surface area contributed by atoms with Crippen LogP contribution >= 0.6 is 0 Å². The van der Waals surface area contributed by atoms with Crippen LogP contribution in [-0.4, -0.2) is 32.9 Å². The number of phenolic OH excluding ortho intramolecular Hbond substituents is 1. The maximum Gasteiger partial charge on any atom is 0.339 e. The largest absolute Gasteiger partial charge is 0.507 e. The van der Waals surface area contributed by atoms with Gasteiger partial charge in [-0.15, -0.1) is 0 Å². The number of phenols is 2. The molecule has 0 bridgehead atoms. The van der Waals surface area contributed by atoms with E-state index < -0.39 is 34.6 Å². The van der Waals surface area contributed by atoms with Gasteiger partial charge in [-0.25, -0.2) is 4.79 Å². The second-order valence-electron chi connectivity index (χ2n) is 5.00. The Morgan fingerprint density at radius 3 is 2.32 bits per heavy atom. The Morgan fingerprint density at radius 2 is 1.68 bits per heavy atom. The van der Waals surface area contributed by atoms with Gasteiger partial charge in [-0.3, -0.25) is 9.59 Å². The van der Waals surface area contributed by atoms with Crippen LogP contribution in [0.25, 0.3) is 0 Å². The number of fused-ring (bicyclic) bond motifs is 2. The van der Waals surface area contributed by atoms with Crippen LogP contribution in [0.15, 0.2) is 24.3 Å². The first-order valence-electron chi connectivity index (χ1n) is 6.35. The Morgan fingerprint density at radius 1 is 1.00 bits per heavy atom. The molecular formula is C16H10O6. The lowest BCUT2D eigenvalue weighted by molar-refractivity contribution is 0.0692. The summed E-state index contributed by atoms with van der Waals surface area (Å²) < 4.78 is 0. The fraction of sp³-hybridized carbons (Fsp3) is 0.0625. The predicted molar refractivity (Wildman–Crippen MR) is 74.8 cm³/mol. The van der Waals surface area contributed by atoms with E-state index in [1.54, 1.807) is 0 Å². The van der Waals surface area contributed by atoms with Gasteiger partial charge in [0.2, 0.25) is 5.78 Å². The van der Waals surface area contributed by atoms with Gasteiger partial charge in [0.25, 0.3) is 0 Å². The summed E-state index contributed by atoms with van der Waals surface area (Å²) in [6.07, 6.45) is 0. The molecule has 1 aliphatic carbocycles. The summed E-state index contributed by atoms with van der Waals surface area (Å²) in [4.78, 5) is 36.2. The molecule has 0 spiro atoms. The maximum atomic E-state index is 12.5. The van der Waals surface area contributed by atoms with E-state index in [2.05, 4.69) is 0 Å². The van der Waals surface area contributed by atoms with Crippen molar-refractivity contribution in [1.82, 2.24) is 0 Å². The number of benzene rings is 2. The molecule has 0 unspecified atom stereocenters. The first-order valence-corrected chi connectivity index (χ1v) is 6.35. The number of carbonyl (C=O) groups is 3. The van der Waals surface area contributed by atoms with Crippen molar-refractivity contribution < 1.29 is 29.7 Å². The Kier molecular flexibility index (Phi) is 2.78. The normalized spacial score (nSPS) is 12.8. The third-order valence-electron chi connectivity index (χ3n) is 3.70. The van der Waals surface area contributed by atoms with Crippen molar-refractivity contribution in [1.29, 1.82) is 0 Å². The first kappa shape index (κ1) is 13.8. The lowest BCUT2D eigenvalue weighted by atomic mass is 9.81. The van der Waals surface area contributed by atoms with Gasteiger partial charge < -0.3 is 15.3 Å². The van der Waals surface area contributed by atoms with E-state index in [0.29, 0.717) is 0 Å². The second-order valence-corrected chi connectivity index (χ2v) is 5.00. The Labute approximate surface area is 124 Å². The molecule has 0 saturated heterocycles. The molecular weight excluding hydrogens is 288 g/mol. The third-order valence-corrected chi connectivity index (χ3v) is 3.70. The number of aromatic carboxylic acids is 1. The number of aromatic hydroxyl groups is 2. The zero-order valence-electron chi connectivity index (χ0n) is 11.4. The number of carboxylic acids is 1. The van der Waals surface area contributed by atoms with Gasteiger partial charge in [0.1, 0.15) is 17.1 Å². The van der Waals surface area contributed by atoms with E-state index in [9.17, 15) is 24.6 Å². The fourth-order valence-electron chi connectivity index (χ4n) is 2.72. The van der Waals surface area contributed by atoms with Crippen LogP contribution in [0.4, 0.5) is 0 Å². The van der Waals surface area contributed by atoms with Gasteiger partial charge >= 0.3 is 5.97 Å². The van der Waals surface area contributed by atoms with Crippen LogP contribution in [0.2, 0.25) is 0 Å². The summed E-state index contributed by atoms with van der Waals surface area (Å²) >= 11 is 0. The molecule has 6 nitrogen and oxygen atoms in total. The molecule has 1 aliphatic rings. The lowest BCUT2D eigenvalue weighted by Crippen LogP contribution is -2.22. The zero-order chi connectivity index (χ0) is 16.2. The Bertz CT molecular complexity index is 879. The van der Waals surface area contributed by atoms with E-state index in [1.165, 1.54) is 31.2 Å². The molecule has 0 amide bonds. The van der Waals surface area contributed by atoms with Crippen molar-refractivity contribution in [3.63, 3.8) is 0 Å². The maximum absolute atomic E-state index is 12.5. The number of carboxylic acid groups (broad SMARTS) is 1. The highest BCUT2D eigenvalue weighted by molar-refractivity contribution is 6.30. The van der Waals surface area contributed by atoms with Crippen LogP contribution in [0.3, 0.4) is 0 Å². The highest BCUT2D eigenvalue weighted by Gasteiger charge is 2.36. The van der Waals surface area contributed by atoms with Crippen molar-refractivity contribution in [3.8, 4) is 11.5 Å². The zero-order valence-corrected chi connectivity index (χ0v) is 11.4. The van der Waals surface area contributed by atoms with Crippen molar-refractivity contribution in [2.75, 3.05) is 0 Å². The molecule has 2 aromatic carbocycles. The number of aryl methyl sites for hydroxylation is 1. The van der Waals surface area contributed by atoms with E-state index in [0.717, 1.165) is 0 Å². The number of rotatable bonds is 1. The molecule has 6 heteroatoms. The minimum Gasteiger partial charge on any atom is -0.507 e. The number of hydrogen-bond donors (Lipinski definition) is 3. The van der Waals surface area contributed by atoms with E-state index in [1.807, 2.05) is 0 Å². The van der Waals surface area contributed by atoms with Crippen LogP contribution in [0, 0.1) is 6.92 Å². The summed E-state index contributed by atoms with van der Waals surface area (Å²) in [7, 11) is 0. The summed E-state index contributed by atoms with van der Waals surface area (Å²) in [5, 5.41) is 29.1. The molecule has 0 atom stereocenters. The molecule has 3 N–H and O–H groups in total. The minimum atomic E-state index is -1.40. The first-order chi connectivity index (χ1) is 10.3. The number of hydrogen-bond acceptors (Lipinski definition) is 5. The summed E-state index contributed by atoms with van der Waals surface area (Å²) in [6, 6.07) is 5.35. The fourth-order valence-corrected chi connectivity index (χ4v) is 2.72. The van der Waals surface area contributed by atoms with Gasteiger partial charge in [0, 0.05) is 11.1 Å². The predicted octanol–water partition coefficient (Wildman–Crippen LogP) is 1.88. The van der Waals surface area contributed by atoms with Gasteiger partial charge in [0.05, 0.1) is 11.1 Å². The number of carbonyl (C=O) groups excluding carboxylic acids is 2. The molecule has 3 rings (SSSR count). The monoisotopic (exact) mass is 298 g/mol. The Balaban J connectivity index is 2.41. The van der Waals surface area contributed by atoms with Crippen molar-refractivity contribution >= 4 is 17.5 Å². The molecule has 0 heterocycles. The Hall–Kier alpha value is -3.15. The highest BCUT2D eigenvalue weighted by atomic mass is 16.4. The molecule has 0 saturated carbocycles. The topological polar surface area (TPSA) is 112 Å². The van der Waals surface area contributed by atoms with Crippen molar-refractivity contribution in [2.45, 2.75) is 6.92 Å². The summed E-state index contributed by atoms with van der Waals surface area (Å²) in [6.45, 7) is 1.43. The average Bonchev–Trinajstić information content (AvgIpc) is 2.43. The van der Waals surface area contributed by atoms with Crippen LogP contribution < -0.4 is 0 Å². The summed E-state index contributed by atoms with van der Waals surface area (Å²) in [5.74, 6) is -3.87. The van der Waals surface area contributed by atoms with E-state index in [-0.39, 0.29) is 27.8 Å². The van der Waals surface area contributed by atoms with Crippen molar-refractivity contribution in [3.05, 3.63) is 57.6 Å². The van der Waals surface area contributed by atoms with Gasteiger partial charge in [-0.2, -0.15) is 0 Å². The molecule has 0 aliphatic heterocycles. The molecule has 0 fully saturated rings. The third kappa shape index (κ3) is 1.64. The smallest absolute Gasteiger partial charge is 0.339 e. The van der Waals surface area contributed by atoms with Gasteiger partial charge in [-0.1, -0.05) is 12.1 Å². The van der Waals surface area contributed by atoms with Crippen LogP contribution in [0.5, 0.6) is 11.5 Å². The average molecular weight is 298 g/mol. The van der Waals surface area contributed by atoms with E-state index >= 15 is 0 Å². The standard InChI is InChI=1S/C16H10O6/c1-6-5-8-12(14(19)10(6)16(21)22)15(20)11-7(13(8)18)3-2-4-9(11)17/h2-5,17,19H,1H3,(H,21,22). The minimum absolute atomic E-state index is 0.0272. The summed E-state index contributed by atoms with van der Waals surface area (Å²) in [5.41, 5.74) is -0.910. The molecule has 0 aromatic heterocycles. The molecule has 22 heavy (non-hydrogen) atoms. The number of ketones is 2. The SMILES string of the molecule is Cc1cc2c(c(O)c1C(=O)O)C(=O)c1c(O)cccc1C2=O. The van der Waals surface area contributed by atoms with Crippen molar-refractivity contribution in [2.24, 2.45) is 0 Å². The molecule has 2 aromatic rings.